The number of hydrogen-bond acceptors (Lipinski definition) is 3. The summed E-state index contributed by atoms with van der Waals surface area (Å²) in [7, 11) is 2.12. The average molecular weight is 375 g/mol. The summed E-state index contributed by atoms with van der Waals surface area (Å²) in [4.78, 5) is 3.66. The van der Waals surface area contributed by atoms with Gasteiger partial charge in [-0.1, -0.05) is 48.5 Å². The summed E-state index contributed by atoms with van der Waals surface area (Å²) in [5, 5.41) is 8.95. The number of halogens is 1. The van der Waals surface area contributed by atoms with Gasteiger partial charge in [0.15, 0.2) is 0 Å². The van der Waals surface area contributed by atoms with Crippen LogP contribution >= 0.6 is 11.8 Å². The molecule has 2 aromatic carbocycles. The van der Waals surface area contributed by atoms with Crippen LogP contribution in [-0.4, -0.2) is 36.8 Å². The standard InChI is InChI=1S/C21H25NOS.ClH/c1-22(14-7-15-23)13-6-11-19-18-9-3-2-8-17(18)16-24-21-12-5-4-10-20(19)21;/h2-5,8-12,23H,6-7,13-16H2,1H3;1H/p-1. The number of aliphatic hydroxyl groups is 1. The molecule has 0 amide bonds. The fraction of sp³-hybridized carbons (Fsp3) is 0.333. The summed E-state index contributed by atoms with van der Waals surface area (Å²) < 4.78 is 0. The third-order valence-corrected chi connectivity index (χ3v) is 5.55. The summed E-state index contributed by atoms with van der Waals surface area (Å²) in [5.41, 5.74) is 5.50. The van der Waals surface area contributed by atoms with Crippen molar-refractivity contribution in [1.82, 2.24) is 4.90 Å². The molecule has 1 aliphatic rings. The van der Waals surface area contributed by atoms with Gasteiger partial charge in [-0.15, -0.1) is 11.8 Å². The van der Waals surface area contributed by atoms with Gasteiger partial charge in [0.05, 0.1) is 0 Å². The number of thioether (sulfide) groups is 1. The van der Waals surface area contributed by atoms with E-state index in [0.717, 1.165) is 31.7 Å². The van der Waals surface area contributed by atoms with E-state index in [1.165, 1.54) is 27.2 Å². The molecular formula is C21H25ClNOS-. The molecule has 1 N–H and O–H groups in total. The lowest BCUT2D eigenvalue weighted by molar-refractivity contribution is -0.00000591. The van der Waals surface area contributed by atoms with Gasteiger partial charge in [-0.2, -0.15) is 0 Å². The minimum atomic E-state index is 0. The van der Waals surface area contributed by atoms with Gasteiger partial charge >= 0.3 is 0 Å². The molecule has 1 heterocycles. The third kappa shape index (κ3) is 5.11. The molecule has 0 aliphatic carbocycles. The third-order valence-electron chi connectivity index (χ3n) is 4.43. The maximum absolute atomic E-state index is 8.95. The van der Waals surface area contributed by atoms with Crippen LogP contribution in [0.4, 0.5) is 0 Å². The van der Waals surface area contributed by atoms with Crippen molar-refractivity contribution in [3.8, 4) is 0 Å². The topological polar surface area (TPSA) is 23.5 Å². The van der Waals surface area contributed by atoms with Crippen molar-refractivity contribution >= 4 is 17.3 Å². The van der Waals surface area contributed by atoms with Crippen molar-refractivity contribution in [3.05, 3.63) is 71.3 Å². The lowest BCUT2D eigenvalue weighted by Gasteiger charge is -2.16. The van der Waals surface area contributed by atoms with Gasteiger partial charge < -0.3 is 22.4 Å². The summed E-state index contributed by atoms with van der Waals surface area (Å²) in [6, 6.07) is 17.5. The molecule has 0 saturated heterocycles. The molecule has 0 fully saturated rings. The van der Waals surface area contributed by atoms with Crippen molar-refractivity contribution in [1.29, 1.82) is 0 Å². The number of rotatable bonds is 6. The van der Waals surface area contributed by atoms with E-state index < -0.39 is 0 Å². The molecule has 0 aromatic heterocycles. The van der Waals surface area contributed by atoms with Crippen LogP contribution in [0, 0.1) is 0 Å². The van der Waals surface area contributed by atoms with Crippen LogP contribution in [0.15, 0.2) is 59.5 Å². The highest BCUT2D eigenvalue weighted by molar-refractivity contribution is 7.98. The molecule has 2 aromatic rings. The molecule has 1 aliphatic heterocycles. The highest BCUT2D eigenvalue weighted by atomic mass is 35.5. The first-order valence-electron chi connectivity index (χ1n) is 8.59. The Hall–Kier alpha value is -1.26. The molecule has 0 unspecified atom stereocenters. The number of nitrogens with zero attached hydrogens (tertiary/aromatic N) is 1. The molecule has 0 atom stereocenters. The first-order chi connectivity index (χ1) is 11.8. The van der Waals surface area contributed by atoms with Crippen molar-refractivity contribution in [2.75, 3.05) is 26.7 Å². The molecule has 134 valence electrons. The largest absolute Gasteiger partial charge is 1.00 e. The highest BCUT2D eigenvalue weighted by Crippen LogP contribution is 2.39. The molecular weight excluding hydrogens is 350 g/mol. The Morgan fingerprint density at radius 3 is 2.56 bits per heavy atom. The van der Waals surface area contributed by atoms with E-state index >= 15 is 0 Å². The Morgan fingerprint density at radius 2 is 1.76 bits per heavy atom. The molecule has 3 rings (SSSR count). The van der Waals surface area contributed by atoms with Crippen molar-refractivity contribution in [3.63, 3.8) is 0 Å². The van der Waals surface area contributed by atoms with Crippen molar-refractivity contribution < 1.29 is 17.5 Å². The van der Waals surface area contributed by atoms with E-state index in [1.807, 2.05) is 11.8 Å². The lowest BCUT2D eigenvalue weighted by Crippen LogP contribution is -3.00. The predicted molar refractivity (Wildman–Crippen MR) is 103 cm³/mol. The highest BCUT2D eigenvalue weighted by Gasteiger charge is 2.17. The van der Waals surface area contributed by atoms with Crippen LogP contribution < -0.4 is 12.4 Å². The first kappa shape index (κ1) is 20.1. The van der Waals surface area contributed by atoms with Crippen molar-refractivity contribution in [2.24, 2.45) is 0 Å². The Bertz CT molecular complexity index is 667. The molecule has 2 nitrogen and oxygen atoms in total. The zero-order chi connectivity index (χ0) is 16.8. The van der Waals surface area contributed by atoms with E-state index in [9.17, 15) is 0 Å². The summed E-state index contributed by atoms with van der Waals surface area (Å²) >= 11 is 1.93. The van der Waals surface area contributed by atoms with Crippen LogP contribution in [0.1, 0.15) is 29.5 Å². The number of aliphatic hydroxyl groups excluding tert-OH is 1. The minimum Gasteiger partial charge on any atom is -1.00 e. The van der Waals surface area contributed by atoms with Gasteiger partial charge in [0.25, 0.3) is 0 Å². The minimum absolute atomic E-state index is 0. The van der Waals surface area contributed by atoms with Gasteiger partial charge in [-0.3, -0.25) is 0 Å². The molecule has 0 saturated carbocycles. The smallest absolute Gasteiger partial charge is 0.0443 e. The first-order valence-corrected chi connectivity index (χ1v) is 9.58. The number of fused-ring (bicyclic) bond motifs is 2. The van der Waals surface area contributed by atoms with Gasteiger partial charge in [0, 0.05) is 30.3 Å². The van der Waals surface area contributed by atoms with Gasteiger partial charge in [-0.25, -0.2) is 0 Å². The SMILES string of the molecule is CN(CCC=C1c2ccccc2CSc2ccccc21)CCCO.[Cl-]. The second-order valence-corrected chi connectivity index (χ2v) is 7.25. The zero-order valence-corrected chi connectivity index (χ0v) is 16.2. The molecule has 0 radical (unpaired) electrons. The van der Waals surface area contributed by atoms with Crippen LogP contribution in [0.2, 0.25) is 0 Å². The second-order valence-electron chi connectivity index (χ2n) is 6.23. The molecule has 0 bridgehead atoms. The summed E-state index contributed by atoms with van der Waals surface area (Å²) in [6.45, 7) is 2.23. The lowest BCUT2D eigenvalue weighted by atomic mass is 9.93. The molecule has 0 spiro atoms. The Balaban J connectivity index is 0.00000225. The van der Waals surface area contributed by atoms with E-state index in [-0.39, 0.29) is 19.0 Å². The Kier molecular flexibility index (Phi) is 8.04. The van der Waals surface area contributed by atoms with E-state index in [1.54, 1.807) is 0 Å². The maximum atomic E-state index is 8.95. The maximum Gasteiger partial charge on any atom is 0.0443 e. The summed E-state index contributed by atoms with van der Waals surface area (Å²) in [5.74, 6) is 1.03. The van der Waals surface area contributed by atoms with Crippen LogP contribution in [0.25, 0.3) is 5.57 Å². The monoisotopic (exact) mass is 374 g/mol. The quantitative estimate of drug-likeness (QED) is 0.827. The van der Waals surface area contributed by atoms with Gasteiger partial charge in [0.2, 0.25) is 0 Å². The number of benzene rings is 2. The number of hydrogen-bond donors (Lipinski definition) is 1. The van der Waals surface area contributed by atoms with E-state index in [0.29, 0.717) is 0 Å². The summed E-state index contributed by atoms with van der Waals surface area (Å²) in [6.07, 6.45) is 4.25. The normalized spacial score (nSPS) is 14.6. The average Bonchev–Trinajstić information content (AvgIpc) is 2.78. The molecule has 25 heavy (non-hydrogen) atoms. The van der Waals surface area contributed by atoms with Gasteiger partial charge in [0.1, 0.15) is 0 Å². The fourth-order valence-corrected chi connectivity index (χ4v) is 4.20. The van der Waals surface area contributed by atoms with Crippen LogP contribution in [0.3, 0.4) is 0 Å². The van der Waals surface area contributed by atoms with Crippen LogP contribution in [-0.2, 0) is 5.75 Å². The van der Waals surface area contributed by atoms with E-state index in [2.05, 4.69) is 66.6 Å². The van der Waals surface area contributed by atoms with E-state index in [4.69, 9.17) is 5.11 Å². The molecule has 4 heteroatoms. The Labute approximate surface area is 161 Å². The predicted octanol–water partition coefficient (Wildman–Crippen LogP) is 1.43. The van der Waals surface area contributed by atoms with Gasteiger partial charge in [-0.05, 0) is 48.2 Å². The van der Waals surface area contributed by atoms with Crippen molar-refractivity contribution in [2.45, 2.75) is 23.5 Å². The van der Waals surface area contributed by atoms with Crippen LogP contribution in [0.5, 0.6) is 0 Å². The zero-order valence-electron chi connectivity index (χ0n) is 14.6. The second kappa shape index (κ2) is 10.0. The fourth-order valence-electron chi connectivity index (χ4n) is 3.13. The Morgan fingerprint density at radius 1 is 1.04 bits per heavy atom.